The molecule has 0 bridgehead atoms. The first kappa shape index (κ1) is 12.8. The van der Waals surface area contributed by atoms with Crippen LogP contribution < -0.4 is 10.1 Å². The largest absolute Gasteiger partial charge is 0.489 e. The van der Waals surface area contributed by atoms with Gasteiger partial charge in [0.2, 0.25) is 0 Å². The zero-order chi connectivity index (χ0) is 12.0. The zero-order valence-corrected chi connectivity index (χ0v) is 10.4. The molecule has 0 atom stereocenters. The van der Waals surface area contributed by atoms with E-state index >= 15 is 0 Å². The molecule has 0 saturated carbocycles. The molecule has 0 aliphatic rings. The maximum absolute atomic E-state index is 5.59. The predicted molar refractivity (Wildman–Crippen MR) is 68.7 cm³/mol. The first-order valence-corrected chi connectivity index (χ1v) is 5.67. The van der Waals surface area contributed by atoms with Gasteiger partial charge in [0.15, 0.2) is 0 Å². The number of ether oxygens (including phenoxy) is 1. The van der Waals surface area contributed by atoms with E-state index in [1.807, 2.05) is 19.1 Å². The molecular weight excluding hydrogens is 198 g/mol. The summed E-state index contributed by atoms with van der Waals surface area (Å²) >= 11 is 0. The van der Waals surface area contributed by atoms with E-state index in [9.17, 15) is 0 Å². The third-order valence-electron chi connectivity index (χ3n) is 2.10. The molecule has 2 nitrogen and oxygen atoms in total. The van der Waals surface area contributed by atoms with Crippen LogP contribution in [0.5, 0.6) is 5.75 Å². The SMILES string of the molecule is C=C(C)COc1cccc(CNC(C)C)c1. The summed E-state index contributed by atoms with van der Waals surface area (Å²) in [5.41, 5.74) is 2.28. The molecule has 1 aromatic carbocycles. The quantitative estimate of drug-likeness (QED) is 0.742. The molecule has 0 aromatic heterocycles. The Morgan fingerprint density at radius 1 is 1.44 bits per heavy atom. The van der Waals surface area contributed by atoms with Crippen LogP contribution in [-0.2, 0) is 6.54 Å². The molecule has 0 saturated heterocycles. The van der Waals surface area contributed by atoms with Gasteiger partial charge in [-0.2, -0.15) is 0 Å². The Bertz CT molecular complexity index is 344. The summed E-state index contributed by atoms with van der Waals surface area (Å²) in [5.74, 6) is 0.908. The minimum atomic E-state index is 0.500. The fourth-order valence-corrected chi connectivity index (χ4v) is 1.27. The average Bonchev–Trinajstić information content (AvgIpc) is 2.24. The molecule has 0 spiro atoms. The topological polar surface area (TPSA) is 21.3 Å². The summed E-state index contributed by atoms with van der Waals surface area (Å²) in [7, 11) is 0. The van der Waals surface area contributed by atoms with Crippen LogP contribution in [0.15, 0.2) is 36.4 Å². The van der Waals surface area contributed by atoms with Crippen LogP contribution in [0.25, 0.3) is 0 Å². The Morgan fingerprint density at radius 2 is 2.19 bits per heavy atom. The van der Waals surface area contributed by atoms with Crippen molar-refractivity contribution in [3.8, 4) is 5.75 Å². The maximum Gasteiger partial charge on any atom is 0.120 e. The second-order valence-electron chi connectivity index (χ2n) is 4.43. The van der Waals surface area contributed by atoms with Gasteiger partial charge in [0.05, 0.1) is 0 Å². The summed E-state index contributed by atoms with van der Waals surface area (Å²) < 4.78 is 5.59. The molecular formula is C14H21NO. The van der Waals surface area contributed by atoms with Crippen molar-refractivity contribution < 1.29 is 4.74 Å². The third kappa shape index (κ3) is 4.99. The fraction of sp³-hybridized carbons (Fsp3) is 0.429. The molecule has 0 aliphatic carbocycles. The van der Waals surface area contributed by atoms with Crippen molar-refractivity contribution in [3.63, 3.8) is 0 Å². The number of rotatable bonds is 6. The van der Waals surface area contributed by atoms with Gasteiger partial charge < -0.3 is 10.1 Å². The lowest BCUT2D eigenvalue weighted by Crippen LogP contribution is -2.21. The monoisotopic (exact) mass is 219 g/mol. The first-order valence-electron chi connectivity index (χ1n) is 5.67. The van der Waals surface area contributed by atoms with Gasteiger partial charge in [-0.05, 0) is 30.2 Å². The first-order chi connectivity index (χ1) is 7.58. The summed E-state index contributed by atoms with van der Waals surface area (Å²) in [6, 6.07) is 8.66. The Kier molecular flexibility index (Phi) is 5.06. The molecule has 0 unspecified atom stereocenters. The van der Waals surface area contributed by atoms with Crippen molar-refractivity contribution in [2.45, 2.75) is 33.4 Å². The lowest BCUT2D eigenvalue weighted by atomic mass is 10.2. The normalized spacial score (nSPS) is 10.5. The molecule has 2 heteroatoms. The molecule has 1 N–H and O–H groups in total. The minimum absolute atomic E-state index is 0.500. The maximum atomic E-state index is 5.59. The van der Waals surface area contributed by atoms with Gasteiger partial charge in [-0.1, -0.05) is 32.6 Å². The number of benzene rings is 1. The molecule has 0 aliphatic heterocycles. The Balaban J connectivity index is 2.53. The van der Waals surface area contributed by atoms with Crippen molar-refractivity contribution in [2.75, 3.05) is 6.61 Å². The third-order valence-corrected chi connectivity index (χ3v) is 2.10. The van der Waals surface area contributed by atoms with E-state index in [0.717, 1.165) is 17.9 Å². The molecule has 88 valence electrons. The summed E-state index contributed by atoms with van der Waals surface area (Å²) in [6.07, 6.45) is 0. The Labute approximate surface area is 98.3 Å². The molecule has 0 heterocycles. The predicted octanol–water partition coefficient (Wildman–Crippen LogP) is 3.14. The van der Waals surface area contributed by atoms with Gasteiger partial charge in [0.25, 0.3) is 0 Å². The van der Waals surface area contributed by atoms with Crippen LogP contribution in [0.1, 0.15) is 26.3 Å². The summed E-state index contributed by atoms with van der Waals surface area (Å²) in [6.45, 7) is 11.5. The van der Waals surface area contributed by atoms with Crippen LogP contribution in [-0.4, -0.2) is 12.6 Å². The van der Waals surface area contributed by atoms with Crippen LogP contribution in [0.3, 0.4) is 0 Å². The highest BCUT2D eigenvalue weighted by atomic mass is 16.5. The number of hydrogen-bond acceptors (Lipinski definition) is 2. The molecule has 0 fully saturated rings. The minimum Gasteiger partial charge on any atom is -0.489 e. The fourth-order valence-electron chi connectivity index (χ4n) is 1.27. The van der Waals surface area contributed by atoms with Crippen LogP contribution >= 0.6 is 0 Å². The van der Waals surface area contributed by atoms with Gasteiger partial charge in [0, 0.05) is 12.6 Å². The lowest BCUT2D eigenvalue weighted by Gasteiger charge is -2.10. The van der Waals surface area contributed by atoms with E-state index in [1.165, 1.54) is 5.56 Å². The number of nitrogens with one attached hydrogen (secondary N) is 1. The van der Waals surface area contributed by atoms with Crippen molar-refractivity contribution in [2.24, 2.45) is 0 Å². The van der Waals surface area contributed by atoms with Gasteiger partial charge in [-0.15, -0.1) is 0 Å². The van der Waals surface area contributed by atoms with E-state index in [1.54, 1.807) is 0 Å². The van der Waals surface area contributed by atoms with Gasteiger partial charge in [0.1, 0.15) is 12.4 Å². The van der Waals surface area contributed by atoms with E-state index in [2.05, 4.69) is 37.9 Å². The van der Waals surface area contributed by atoms with E-state index in [-0.39, 0.29) is 0 Å². The lowest BCUT2D eigenvalue weighted by molar-refractivity contribution is 0.352. The second-order valence-corrected chi connectivity index (χ2v) is 4.43. The van der Waals surface area contributed by atoms with Gasteiger partial charge in [-0.25, -0.2) is 0 Å². The van der Waals surface area contributed by atoms with Crippen LogP contribution in [0.2, 0.25) is 0 Å². The van der Waals surface area contributed by atoms with Gasteiger partial charge in [-0.3, -0.25) is 0 Å². The molecule has 0 amide bonds. The van der Waals surface area contributed by atoms with Crippen molar-refractivity contribution >= 4 is 0 Å². The second kappa shape index (κ2) is 6.33. The average molecular weight is 219 g/mol. The van der Waals surface area contributed by atoms with Crippen molar-refractivity contribution in [1.82, 2.24) is 5.32 Å². The standard InChI is InChI=1S/C14H21NO/c1-11(2)10-16-14-7-5-6-13(8-14)9-15-12(3)4/h5-8,12,15H,1,9-10H2,2-4H3. The zero-order valence-electron chi connectivity index (χ0n) is 10.4. The van der Waals surface area contributed by atoms with E-state index in [4.69, 9.17) is 4.74 Å². The highest BCUT2D eigenvalue weighted by Crippen LogP contribution is 2.14. The molecule has 1 aromatic rings. The smallest absolute Gasteiger partial charge is 0.120 e. The van der Waals surface area contributed by atoms with E-state index < -0.39 is 0 Å². The number of hydrogen-bond donors (Lipinski definition) is 1. The van der Waals surface area contributed by atoms with Crippen molar-refractivity contribution in [3.05, 3.63) is 42.0 Å². The Hall–Kier alpha value is -1.28. The molecule has 1 rings (SSSR count). The van der Waals surface area contributed by atoms with Crippen LogP contribution in [0.4, 0.5) is 0 Å². The highest BCUT2D eigenvalue weighted by Gasteiger charge is 1.98. The molecule has 16 heavy (non-hydrogen) atoms. The Morgan fingerprint density at radius 3 is 2.81 bits per heavy atom. The van der Waals surface area contributed by atoms with Crippen LogP contribution in [0, 0.1) is 0 Å². The van der Waals surface area contributed by atoms with Gasteiger partial charge >= 0.3 is 0 Å². The highest BCUT2D eigenvalue weighted by molar-refractivity contribution is 5.28. The van der Waals surface area contributed by atoms with E-state index in [0.29, 0.717) is 12.6 Å². The summed E-state index contributed by atoms with van der Waals surface area (Å²) in [5, 5.41) is 3.38. The molecule has 0 radical (unpaired) electrons. The summed E-state index contributed by atoms with van der Waals surface area (Å²) in [4.78, 5) is 0. The van der Waals surface area contributed by atoms with Crippen molar-refractivity contribution in [1.29, 1.82) is 0 Å².